The van der Waals surface area contributed by atoms with E-state index in [1.54, 1.807) is 6.92 Å². The normalized spacial score (nSPS) is 10.6. The first-order valence-corrected chi connectivity index (χ1v) is 6.67. The second-order valence-electron chi connectivity index (χ2n) is 3.27. The van der Waals surface area contributed by atoms with E-state index in [1.165, 1.54) is 0 Å². The highest BCUT2D eigenvalue weighted by molar-refractivity contribution is 7.85. The first kappa shape index (κ1) is 18.5. The standard InChI is InChI=1S/C9H18O5S.Mg/c1-2-9(10)14-7-5-3-4-6-8-15(11,12)13;/h2-8H2,1H3,(H,11,12,13);. The van der Waals surface area contributed by atoms with Crippen molar-refractivity contribution in [2.24, 2.45) is 0 Å². The minimum Gasteiger partial charge on any atom is -0.466 e. The van der Waals surface area contributed by atoms with E-state index in [2.05, 4.69) is 0 Å². The van der Waals surface area contributed by atoms with Gasteiger partial charge in [0.1, 0.15) is 0 Å². The Bertz CT molecular complexity index is 276. The van der Waals surface area contributed by atoms with Crippen LogP contribution in [0.5, 0.6) is 0 Å². The Kier molecular flexibility index (Phi) is 11.9. The smallest absolute Gasteiger partial charge is 0.305 e. The monoisotopic (exact) mass is 262 g/mol. The molecule has 0 saturated carbocycles. The summed E-state index contributed by atoms with van der Waals surface area (Å²) in [6.45, 7) is 2.12. The van der Waals surface area contributed by atoms with Gasteiger partial charge in [-0.05, 0) is 12.8 Å². The minimum atomic E-state index is -3.82. The SMILES string of the molecule is CCC(=O)OCCCCCCS(=O)(=O)O.[Mg]. The summed E-state index contributed by atoms with van der Waals surface area (Å²) in [6.07, 6.45) is 3.07. The van der Waals surface area contributed by atoms with Gasteiger partial charge in [0.15, 0.2) is 0 Å². The van der Waals surface area contributed by atoms with E-state index in [4.69, 9.17) is 9.29 Å². The van der Waals surface area contributed by atoms with Crippen molar-refractivity contribution in [1.82, 2.24) is 0 Å². The number of carbonyl (C=O) groups excluding carboxylic acids is 1. The van der Waals surface area contributed by atoms with Crippen molar-refractivity contribution in [3.05, 3.63) is 0 Å². The van der Waals surface area contributed by atoms with E-state index in [0.717, 1.165) is 12.8 Å². The molecule has 1 N–H and O–H groups in total. The molecule has 0 saturated heterocycles. The first-order chi connectivity index (χ1) is 6.95. The lowest BCUT2D eigenvalue weighted by Crippen LogP contribution is -2.05. The van der Waals surface area contributed by atoms with Crippen LogP contribution in [-0.4, -0.2) is 54.4 Å². The molecule has 2 radical (unpaired) electrons. The van der Waals surface area contributed by atoms with E-state index >= 15 is 0 Å². The van der Waals surface area contributed by atoms with Crippen LogP contribution in [0.25, 0.3) is 0 Å². The van der Waals surface area contributed by atoms with E-state index in [1.807, 2.05) is 0 Å². The van der Waals surface area contributed by atoms with Crippen molar-refractivity contribution in [3.63, 3.8) is 0 Å². The number of hydrogen-bond donors (Lipinski definition) is 1. The third-order valence-electron chi connectivity index (χ3n) is 1.85. The fraction of sp³-hybridized carbons (Fsp3) is 0.889. The van der Waals surface area contributed by atoms with Crippen molar-refractivity contribution < 1.29 is 22.5 Å². The molecule has 0 spiro atoms. The van der Waals surface area contributed by atoms with Crippen molar-refractivity contribution in [2.45, 2.75) is 39.0 Å². The summed E-state index contributed by atoms with van der Waals surface area (Å²) in [4.78, 5) is 10.7. The molecule has 0 heterocycles. The lowest BCUT2D eigenvalue weighted by atomic mass is 10.2. The summed E-state index contributed by atoms with van der Waals surface area (Å²) in [5.74, 6) is -0.408. The van der Waals surface area contributed by atoms with Gasteiger partial charge in [-0.25, -0.2) is 0 Å². The number of esters is 1. The van der Waals surface area contributed by atoms with Crippen LogP contribution in [0.4, 0.5) is 0 Å². The van der Waals surface area contributed by atoms with E-state index < -0.39 is 10.1 Å². The van der Waals surface area contributed by atoms with Gasteiger partial charge in [-0.2, -0.15) is 8.42 Å². The maximum atomic E-state index is 10.7. The Balaban J connectivity index is 0. The molecular formula is C9H18MgO5S. The van der Waals surface area contributed by atoms with Gasteiger partial charge in [-0.15, -0.1) is 0 Å². The third kappa shape index (κ3) is 14.1. The lowest BCUT2D eigenvalue weighted by Gasteiger charge is -2.02. The highest BCUT2D eigenvalue weighted by Gasteiger charge is 2.03. The van der Waals surface area contributed by atoms with Crippen LogP contribution < -0.4 is 0 Å². The van der Waals surface area contributed by atoms with Crippen molar-refractivity contribution in [3.8, 4) is 0 Å². The molecule has 0 aromatic heterocycles. The molecule has 0 aromatic rings. The first-order valence-electron chi connectivity index (χ1n) is 5.06. The summed E-state index contributed by atoms with van der Waals surface area (Å²) in [7, 11) is -3.82. The number of ether oxygens (including phenoxy) is 1. The van der Waals surface area contributed by atoms with Crippen LogP contribution in [-0.2, 0) is 19.6 Å². The number of carbonyl (C=O) groups is 1. The molecule has 0 aromatic carbocycles. The molecule has 0 atom stereocenters. The molecule has 0 bridgehead atoms. The molecule has 0 rings (SSSR count). The van der Waals surface area contributed by atoms with Gasteiger partial charge in [-0.1, -0.05) is 19.8 Å². The maximum absolute atomic E-state index is 10.7. The summed E-state index contributed by atoms with van der Waals surface area (Å²) in [5.41, 5.74) is 0. The summed E-state index contributed by atoms with van der Waals surface area (Å²) in [6, 6.07) is 0. The van der Waals surface area contributed by atoms with E-state index in [9.17, 15) is 13.2 Å². The highest BCUT2D eigenvalue weighted by Crippen LogP contribution is 2.02. The quantitative estimate of drug-likeness (QED) is 0.306. The Morgan fingerprint density at radius 2 is 1.75 bits per heavy atom. The lowest BCUT2D eigenvalue weighted by molar-refractivity contribution is -0.143. The average molecular weight is 263 g/mol. The maximum Gasteiger partial charge on any atom is 0.305 e. The Morgan fingerprint density at radius 3 is 2.25 bits per heavy atom. The fourth-order valence-corrected chi connectivity index (χ4v) is 1.60. The number of rotatable bonds is 8. The van der Waals surface area contributed by atoms with Crippen LogP contribution in [0.1, 0.15) is 39.0 Å². The van der Waals surface area contributed by atoms with Gasteiger partial charge in [0.25, 0.3) is 10.1 Å². The zero-order chi connectivity index (χ0) is 11.7. The molecular weight excluding hydrogens is 244 g/mol. The molecule has 0 aliphatic carbocycles. The Morgan fingerprint density at radius 1 is 1.19 bits per heavy atom. The third-order valence-corrected chi connectivity index (χ3v) is 2.65. The zero-order valence-corrected chi connectivity index (χ0v) is 11.9. The Hall–Kier alpha value is 0.146. The highest BCUT2D eigenvalue weighted by atomic mass is 32.2. The van der Waals surface area contributed by atoms with E-state index in [0.29, 0.717) is 25.9 Å². The van der Waals surface area contributed by atoms with Gasteiger partial charge in [0.05, 0.1) is 12.4 Å². The van der Waals surface area contributed by atoms with Crippen LogP contribution in [0.3, 0.4) is 0 Å². The Labute approximate surface area is 113 Å². The molecule has 0 unspecified atom stereocenters. The molecule has 0 amide bonds. The number of hydrogen-bond acceptors (Lipinski definition) is 4. The van der Waals surface area contributed by atoms with Gasteiger partial charge in [0, 0.05) is 29.5 Å². The van der Waals surface area contributed by atoms with Gasteiger partial charge in [-0.3, -0.25) is 9.35 Å². The summed E-state index contributed by atoms with van der Waals surface area (Å²) in [5, 5.41) is 0. The summed E-state index contributed by atoms with van der Waals surface area (Å²) < 4.78 is 33.9. The molecule has 0 fully saturated rings. The largest absolute Gasteiger partial charge is 0.466 e. The van der Waals surface area contributed by atoms with Gasteiger partial charge >= 0.3 is 5.97 Å². The molecule has 0 aliphatic heterocycles. The van der Waals surface area contributed by atoms with E-state index in [-0.39, 0.29) is 34.8 Å². The minimum absolute atomic E-state index is 0. The fourth-order valence-electron chi connectivity index (χ4n) is 1.03. The predicted molar refractivity (Wildman–Crippen MR) is 61.9 cm³/mol. The predicted octanol–water partition coefficient (Wildman–Crippen LogP) is 1.01. The average Bonchev–Trinajstić information content (AvgIpc) is 2.14. The second kappa shape index (κ2) is 10.3. The van der Waals surface area contributed by atoms with Crippen LogP contribution in [0.15, 0.2) is 0 Å². The van der Waals surface area contributed by atoms with Crippen LogP contribution >= 0.6 is 0 Å². The molecule has 92 valence electrons. The zero-order valence-electron chi connectivity index (χ0n) is 9.65. The van der Waals surface area contributed by atoms with Gasteiger partial charge in [0.2, 0.25) is 0 Å². The second-order valence-corrected chi connectivity index (χ2v) is 4.85. The van der Waals surface area contributed by atoms with Crippen molar-refractivity contribution >= 4 is 39.1 Å². The molecule has 0 aliphatic rings. The van der Waals surface area contributed by atoms with Crippen molar-refractivity contribution in [2.75, 3.05) is 12.4 Å². The summed E-state index contributed by atoms with van der Waals surface area (Å²) >= 11 is 0. The molecule has 16 heavy (non-hydrogen) atoms. The van der Waals surface area contributed by atoms with Crippen molar-refractivity contribution in [1.29, 1.82) is 0 Å². The van der Waals surface area contributed by atoms with Gasteiger partial charge < -0.3 is 4.74 Å². The number of unbranched alkanes of at least 4 members (excludes halogenated alkanes) is 3. The van der Waals surface area contributed by atoms with Crippen LogP contribution in [0.2, 0.25) is 0 Å². The molecule has 5 nitrogen and oxygen atoms in total. The molecule has 7 heteroatoms. The van der Waals surface area contributed by atoms with Crippen LogP contribution in [0, 0.1) is 0 Å². The topological polar surface area (TPSA) is 80.7 Å².